The molecule has 0 rings (SSSR count). The first-order valence-electron chi connectivity index (χ1n) is 12.3. The highest BCUT2D eigenvalue weighted by Crippen LogP contribution is 1.88. The molecule has 0 bridgehead atoms. The van der Waals surface area contributed by atoms with Crippen molar-refractivity contribution in [2.24, 2.45) is 17.2 Å². The van der Waals surface area contributed by atoms with Gasteiger partial charge in [-0.1, -0.05) is 6.92 Å². The third-order valence-corrected chi connectivity index (χ3v) is 5.36. The smallest absolute Gasteiger partial charge is 0.0108 e. The van der Waals surface area contributed by atoms with E-state index in [1.807, 2.05) is 7.05 Å². The minimum atomic E-state index is 0.690. The maximum atomic E-state index is 5.66. The molecular weight excluding hydrogens is 392 g/mol. The first-order valence-corrected chi connectivity index (χ1v) is 12.3. The minimum absolute atomic E-state index is 0.690. The Hall–Kier alpha value is -0.400. The van der Waals surface area contributed by atoms with Gasteiger partial charge in [0, 0.05) is 118 Å². The molecule has 0 fully saturated rings. The Morgan fingerprint density at radius 1 is 0.484 bits per heavy atom. The van der Waals surface area contributed by atoms with Crippen molar-refractivity contribution in [1.82, 2.24) is 36.0 Å². The van der Waals surface area contributed by atoms with E-state index in [9.17, 15) is 0 Å². The van der Waals surface area contributed by atoms with Crippen molar-refractivity contribution in [2.45, 2.75) is 6.92 Å². The van der Waals surface area contributed by atoms with Crippen molar-refractivity contribution in [3.05, 3.63) is 0 Å². The lowest BCUT2D eigenvalue weighted by Gasteiger charge is -2.24. The zero-order valence-electron chi connectivity index (χ0n) is 20.5. The van der Waals surface area contributed by atoms with Gasteiger partial charge in [-0.25, -0.2) is 0 Å². The first-order chi connectivity index (χ1) is 15.2. The second kappa shape index (κ2) is 24.2. The Morgan fingerprint density at radius 2 is 0.871 bits per heavy atom. The summed E-state index contributed by atoms with van der Waals surface area (Å²) in [5.41, 5.74) is 16.9. The topological polar surface area (TPSA) is 136 Å². The van der Waals surface area contributed by atoms with Crippen LogP contribution in [0.4, 0.5) is 0 Å². The molecule has 0 heterocycles. The maximum Gasteiger partial charge on any atom is 0.0108 e. The number of likely N-dealkylation sites (N-methyl/N-ethyl adjacent to an activating group) is 2. The van der Waals surface area contributed by atoms with Crippen LogP contribution in [-0.4, -0.2) is 146 Å². The van der Waals surface area contributed by atoms with Gasteiger partial charge in [0.1, 0.15) is 0 Å². The molecule has 10 N–H and O–H groups in total. The quantitative estimate of drug-likeness (QED) is 0.0717. The lowest BCUT2D eigenvalue weighted by Crippen LogP contribution is -2.42. The van der Waals surface area contributed by atoms with Crippen LogP contribution in [0.25, 0.3) is 0 Å². The Balaban J connectivity index is 3.84. The highest BCUT2D eigenvalue weighted by molar-refractivity contribution is 4.66. The summed E-state index contributed by atoms with van der Waals surface area (Å²) in [6, 6.07) is 0. The standard InChI is InChI=1S/C21H54N10/c1-3-29(17-9-27-12-19-30(14-5-23)15-6-24)18-10-28-13-21-31(16-8-25-2)20-11-26-7-4-22/h25-28H,3-24H2,1-2H3. The Kier molecular flexibility index (Phi) is 23.9. The third-order valence-electron chi connectivity index (χ3n) is 5.36. The summed E-state index contributed by atoms with van der Waals surface area (Å²) in [6.07, 6.45) is 0. The molecule has 0 aromatic rings. The molecule has 188 valence electrons. The molecule has 0 aliphatic rings. The van der Waals surface area contributed by atoms with Crippen LogP contribution in [-0.2, 0) is 0 Å². The van der Waals surface area contributed by atoms with Crippen molar-refractivity contribution in [2.75, 3.05) is 131 Å². The van der Waals surface area contributed by atoms with Crippen molar-refractivity contribution >= 4 is 0 Å². The van der Waals surface area contributed by atoms with E-state index in [4.69, 9.17) is 17.2 Å². The number of hydrogen-bond donors (Lipinski definition) is 7. The summed E-state index contributed by atoms with van der Waals surface area (Å²) in [5, 5.41) is 13.8. The monoisotopic (exact) mass is 446 g/mol. The molecule has 31 heavy (non-hydrogen) atoms. The largest absolute Gasteiger partial charge is 0.329 e. The molecule has 10 nitrogen and oxygen atoms in total. The Labute approximate surface area is 192 Å². The zero-order valence-corrected chi connectivity index (χ0v) is 20.5. The van der Waals surface area contributed by atoms with E-state index >= 15 is 0 Å². The number of nitrogens with one attached hydrogen (secondary N) is 4. The normalized spacial score (nSPS) is 12.0. The van der Waals surface area contributed by atoms with Crippen molar-refractivity contribution in [3.63, 3.8) is 0 Å². The van der Waals surface area contributed by atoms with E-state index in [0.717, 1.165) is 105 Å². The molecule has 0 amide bonds. The van der Waals surface area contributed by atoms with Gasteiger partial charge in [0.15, 0.2) is 0 Å². The van der Waals surface area contributed by atoms with Gasteiger partial charge < -0.3 is 43.4 Å². The molecule has 0 radical (unpaired) electrons. The van der Waals surface area contributed by atoms with Gasteiger partial charge in [0.25, 0.3) is 0 Å². The molecule has 10 heteroatoms. The Bertz CT molecular complexity index is 342. The van der Waals surface area contributed by atoms with Crippen molar-refractivity contribution in [1.29, 1.82) is 0 Å². The summed E-state index contributed by atoms with van der Waals surface area (Å²) in [5.74, 6) is 0. The minimum Gasteiger partial charge on any atom is -0.329 e. The lowest BCUT2D eigenvalue weighted by molar-refractivity contribution is 0.259. The number of nitrogens with two attached hydrogens (primary N) is 3. The van der Waals surface area contributed by atoms with Crippen LogP contribution >= 0.6 is 0 Å². The predicted octanol–water partition coefficient (Wildman–Crippen LogP) is -3.22. The fourth-order valence-electron chi connectivity index (χ4n) is 3.40. The number of hydrogen-bond acceptors (Lipinski definition) is 10. The van der Waals surface area contributed by atoms with Crippen LogP contribution in [0.3, 0.4) is 0 Å². The zero-order chi connectivity index (χ0) is 23.0. The van der Waals surface area contributed by atoms with Gasteiger partial charge in [-0.05, 0) is 13.6 Å². The maximum absolute atomic E-state index is 5.66. The SMILES string of the molecule is CCN(CCNCCN(CCN)CCN)CCNCCN(CCNC)CCNCCN. The fourth-order valence-corrected chi connectivity index (χ4v) is 3.40. The third kappa shape index (κ3) is 20.0. The van der Waals surface area contributed by atoms with E-state index in [1.165, 1.54) is 0 Å². The molecule has 0 unspecified atom stereocenters. The molecular formula is C21H54N10. The molecule has 0 saturated carbocycles. The van der Waals surface area contributed by atoms with Crippen molar-refractivity contribution in [3.8, 4) is 0 Å². The summed E-state index contributed by atoms with van der Waals surface area (Å²) in [4.78, 5) is 7.31. The number of nitrogens with zero attached hydrogens (tertiary/aromatic N) is 3. The van der Waals surface area contributed by atoms with E-state index in [2.05, 4.69) is 42.9 Å². The van der Waals surface area contributed by atoms with Gasteiger partial charge in [-0.2, -0.15) is 0 Å². The van der Waals surface area contributed by atoms with Crippen LogP contribution < -0.4 is 38.5 Å². The first kappa shape index (κ1) is 30.6. The van der Waals surface area contributed by atoms with Crippen LogP contribution in [0, 0.1) is 0 Å². The molecule has 0 saturated heterocycles. The average Bonchev–Trinajstić information content (AvgIpc) is 2.78. The van der Waals surface area contributed by atoms with Gasteiger partial charge in [0.2, 0.25) is 0 Å². The summed E-state index contributed by atoms with van der Waals surface area (Å²) in [7, 11) is 2.01. The molecule has 0 spiro atoms. The molecule has 0 aliphatic carbocycles. The van der Waals surface area contributed by atoms with Crippen molar-refractivity contribution < 1.29 is 0 Å². The molecule has 0 aromatic carbocycles. The molecule has 0 aromatic heterocycles. The van der Waals surface area contributed by atoms with Crippen LogP contribution in [0.15, 0.2) is 0 Å². The van der Waals surface area contributed by atoms with E-state index in [-0.39, 0.29) is 0 Å². The Morgan fingerprint density at radius 3 is 1.26 bits per heavy atom. The molecule has 0 aliphatic heterocycles. The predicted molar refractivity (Wildman–Crippen MR) is 135 cm³/mol. The highest BCUT2D eigenvalue weighted by Gasteiger charge is 2.06. The molecule has 0 atom stereocenters. The van der Waals surface area contributed by atoms with Crippen LogP contribution in [0.2, 0.25) is 0 Å². The van der Waals surface area contributed by atoms with Gasteiger partial charge >= 0.3 is 0 Å². The van der Waals surface area contributed by atoms with Gasteiger partial charge in [-0.3, -0.25) is 9.80 Å². The summed E-state index contributed by atoms with van der Waals surface area (Å²) < 4.78 is 0. The van der Waals surface area contributed by atoms with Crippen LogP contribution in [0.5, 0.6) is 0 Å². The summed E-state index contributed by atoms with van der Waals surface area (Å²) >= 11 is 0. The average molecular weight is 447 g/mol. The van der Waals surface area contributed by atoms with Gasteiger partial charge in [-0.15, -0.1) is 0 Å². The number of rotatable bonds is 25. The van der Waals surface area contributed by atoms with Crippen LogP contribution in [0.1, 0.15) is 6.92 Å². The van der Waals surface area contributed by atoms with Gasteiger partial charge in [0.05, 0.1) is 0 Å². The summed E-state index contributed by atoms with van der Waals surface area (Å²) in [6.45, 7) is 20.5. The second-order valence-corrected chi connectivity index (χ2v) is 7.84. The lowest BCUT2D eigenvalue weighted by atomic mass is 10.4. The highest BCUT2D eigenvalue weighted by atomic mass is 15.2. The van der Waals surface area contributed by atoms with E-state index in [1.54, 1.807) is 0 Å². The van der Waals surface area contributed by atoms with E-state index < -0.39 is 0 Å². The fraction of sp³-hybridized carbons (Fsp3) is 1.00. The second-order valence-electron chi connectivity index (χ2n) is 7.84. The van der Waals surface area contributed by atoms with E-state index in [0.29, 0.717) is 19.6 Å².